The standard InChI is InChI=1S/C11H17N3OS/c1-5-13-11(4,6-12)7-16-10-14-8(2)9(3)15-10/h13H,5,7H2,1-4H3. The van der Waals surface area contributed by atoms with Crippen molar-refractivity contribution >= 4 is 11.8 Å². The summed E-state index contributed by atoms with van der Waals surface area (Å²) >= 11 is 1.46. The number of nitrogens with zero attached hydrogens (tertiary/aromatic N) is 2. The van der Waals surface area contributed by atoms with Crippen molar-refractivity contribution in [1.29, 1.82) is 5.26 Å². The summed E-state index contributed by atoms with van der Waals surface area (Å²) in [5.74, 6) is 1.46. The summed E-state index contributed by atoms with van der Waals surface area (Å²) in [7, 11) is 0. The molecule has 1 heterocycles. The van der Waals surface area contributed by atoms with Crippen molar-refractivity contribution < 1.29 is 4.42 Å². The molecule has 1 atom stereocenters. The number of oxazole rings is 1. The highest BCUT2D eigenvalue weighted by Gasteiger charge is 2.23. The molecule has 0 bridgehead atoms. The monoisotopic (exact) mass is 239 g/mol. The minimum absolute atomic E-state index is 0.532. The summed E-state index contributed by atoms with van der Waals surface area (Å²) in [5, 5.41) is 12.9. The van der Waals surface area contributed by atoms with E-state index in [1.54, 1.807) is 0 Å². The molecular weight excluding hydrogens is 222 g/mol. The van der Waals surface area contributed by atoms with Crippen LogP contribution in [0.15, 0.2) is 9.64 Å². The summed E-state index contributed by atoms with van der Waals surface area (Å²) in [5.41, 5.74) is 0.375. The van der Waals surface area contributed by atoms with Gasteiger partial charge in [-0.05, 0) is 27.3 Å². The molecule has 0 aliphatic rings. The van der Waals surface area contributed by atoms with E-state index in [4.69, 9.17) is 9.68 Å². The van der Waals surface area contributed by atoms with Crippen molar-refractivity contribution in [3.63, 3.8) is 0 Å². The highest BCUT2D eigenvalue weighted by molar-refractivity contribution is 7.99. The van der Waals surface area contributed by atoms with Crippen LogP contribution in [0.5, 0.6) is 0 Å². The Morgan fingerprint density at radius 3 is 2.69 bits per heavy atom. The molecule has 1 N–H and O–H groups in total. The topological polar surface area (TPSA) is 61.9 Å². The number of hydrogen-bond acceptors (Lipinski definition) is 5. The average Bonchev–Trinajstić information content (AvgIpc) is 2.56. The first kappa shape index (κ1) is 13.1. The lowest BCUT2D eigenvalue weighted by molar-refractivity contribution is 0.428. The highest BCUT2D eigenvalue weighted by atomic mass is 32.2. The average molecular weight is 239 g/mol. The lowest BCUT2D eigenvalue weighted by atomic mass is 10.1. The quantitative estimate of drug-likeness (QED) is 0.799. The van der Waals surface area contributed by atoms with Gasteiger partial charge >= 0.3 is 0 Å². The van der Waals surface area contributed by atoms with E-state index >= 15 is 0 Å². The van der Waals surface area contributed by atoms with E-state index in [1.807, 2.05) is 27.7 Å². The first-order valence-electron chi connectivity index (χ1n) is 5.24. The Bertz CT molecular complexity index is 377. The summed E-state index contributed by atoms with van der Waals surface area (Å²) in [6.07, 6.45) is 0. The summed E-state index contributed by atoms with van der Waals surface area (Å²) in [6.45, 7) is 8.44. The summed E-state index contributed by atoms with van der Waals surface area (Å²) in [4.78, 5) is 4.27. The fraction of sp³-hybridized carbons (Fsp3) is 0.636. The van der Waals surface area contributed by atoms with Gasteiger partial charge in [-0.25, -0.2) is 4.98 Å². The van der Waals surface area contributed by atoms with Crippen LogP contribution in [0.3, 0.4) is 0 Å². The first-order valence-corrected chi connectivity index (χ1v) is 6.22. The van der Waals surface area contributed by atoms with Gasteiger partial charge in [0.1, 0.15) is 11.3 Å². The van der Waals surface area contributed by atoms with Crippen LogP contribution in [0.2, 0.25) is 0 Å². The second-order valence-electron chi connectivity index (χ2n) is 3.88. The maximum Gasteiger partial charge on any atom is 0.256 e. The minimum atomic E-state index is -0.532. The van der Waals surface area contributed by atoms with Crippen LogP contribution in [0.25, 0.3) is 0 Å². The Morgan fingerprint density at radius 1 is 1.56 bits per heavy atom. The molecule has 5 heteroatoms. The Kier molecular flexibility index (Phi) is 4.39. The van der Waals surface area contributed by atoms with Crippen LogP contribution in [0.4, 0.5) is 0 Å². The van der Waals surface area contributed by atoms with Gasteiger partial charge in [0, 0.05) is 5.75 Å². The maximum atomic E-state index is 9.08. The third-order valence-corrected chi connectivity index (χ3v) is 3.45. The van der Waals surface area contributed by atoms with Gasteiger partial charge in [0.15, 0.2) is 0 Å². The van der Waals surface area contributed by atoms with E-state index in [1.165, 1.54) is 11.8 Å². The van der Waals surface area contributed by atoms with Gasteiger partial charge in [-0.2, -0.15) is 5.26 Å². The molecule has 1 aromatic heterocycles. The van der Waals surface area contributed by atoms with Crippen LogP contribution < -0.4 is 5.32 Å². The molecule has 0 amide bonds. The molecule has 0 fully saturated rings. The summed E-state index contributed by atoms with van der Waals surface area (Å²) < 4.78 is 5.45. The van der Waals surface area contributed by atoms with Gasteiger partial charge in [0.2, 0.25) is 0 Å². The normalized spacial score (nSPS) is 14.4. The molecule has 0 radical (unpaired) electrons. The Balaban J connectivity index is 2.60. The van der Waals surface area contributed by atoms with Crippen LogP contribution in [0, 0.1) is 25.2 Å². The number of thioether (sulfide) groups is 1. The smallest absolute Gasteiger partial charge is 0.256 e. The van der Waals surface area contributed by atoms with Crippen molar-refractivity contribution in [2.75, 3.05) is 12.3 Å². The zero-order valence-electron chi connectivity index (χ0n) is 10.1. The van der Waals surface area contributed by atoms with Gasteiger partial charge in [-0.1, -0.05) is 18.7 Å². The van der Waals surface area contributed by atoms with Crippen molar-refractivity contribution in [1.82, 2.24) is 10.3 Å². The van der Waals surface area contributed by atoms with E-state index in [0.717, 1.165) is 18.0 Å². The maximum absolute atomic E-state index is 9.08. The van der Waals surface area contributed by atoms with Gasteiger partial charge in [0.25, 0.3) is 5.22 Å². The molecule has 0 aliphatic heterocycles. The largest absolute Gasteiger partial charge is 0.437 e. The fourth-order valence-corrected chi connectivity index (χ4v) is 2.19. The van der Waals surface area contributed by atoms with E-state index in [9.17, 15) is 0 Å². The number of rotatable bonds is 5. The lowest BCUT2D eigenvalue weighted by Gasteiger charge is -2.20. The van der Waals surface area contributed by atoms with Gasteiger partial charge in [-0.3, -0.25) is 5.32 Å². The predicted octanol–water partition coefficient (Wildman–Crippen LogP) is 2.28. The molecule has 1 aromatic rings. The Morgan fingerprint density at radius 2 is 2.25 bits per heavy atom. The first-order chi connectivity index (χ1) is 7.50. The van der Waals surface area contributed by atoms with E-state index in [-0.39, 0.29) is 0 Å². The minimum Gasteiger partial charge on any atom is -0.437 e. The molecular formula is C11H17N3OS. The molecule has 0 aliphatic carbocycles. The SMILES string of the molecule is CCNC(C)(C#N)CSc1nc(C)c(C)o1. The van der Waals surface area contributed by atoms with E-state index < -0.39 is 5.54 Å². The highest BCUT2D eigenvalue weighted by Crippen LogP contribution is 2.23. The number of aromatic nitrogens is 1. The lowest BCUT2D eigenvalue weighted by Crippen LogP contribution is -2.43. The molecule has 88 valence electrons. The van der Waals surface area contributed by atoms with Crippen LogP contribution in [-0.2, 0) is 0 Å². The van der Waals surface area contributed by atoms with Crippen molar-refractivity contribution in [3.8, 4) is 6.07 Å². The molecule has 0 saturated carbocycles. The van der Waals surface area contributed by atoms with E-state index in [0.29, 0.717) is 11.0 Å². The molecule has 1 unspecified atom stereocenters. The van der Waals surface area contributed by atoms with Gasteiger partial charge < -0.3 is 4.42 Å². The zero-order valence-corrected chi connectivity index (χ0v) is 10.9. The molecule has 1 rings (SSSR count). The molecule has 0 spiro atoms. The third-order valence-electron chi connectivity index (χ3n) is 2.31. The second-order valence-corrected chi connectivity index (χ2v) is 4.81. The third kappa shape index (κ3) is 3.26. The zero-order chi connectivity index (χ0) is 12.2. The summed E-state index contributed by atoms with van der Waals surface area (Å²) in [6, 6.07) is 2.27. The van der Waals surface area contributed by atoms with E-state index in [2.05, 4.69) is 16.4 Å². The van der Waals surface area contributed by atoms with Crippen LogP contribution >= 0.6 is 11.8 Å². The second kappa shape index (κ2) is 5.37. The molecule has 0 saturated heterocycles. The molecule has 4 nitrogen and oxygen atoms in total. The number of aryl methyl sites for hydroxylation is 2. The van der Waals surface area contributed by atoms with Gasteiger partial charge in [0.05, 0.1) is 11.8 Å². The number of nitriles is 1. The van der Waals surface area contributed by atoms with Crippen molar-refractivity contribution in [2.24, 2.45) is 0 Å². The molecule has 0 aromatic carbocycles. The fourth-order valence-electron chi connectivity index (χ4n) is 1.22. The van der Waals surface area contributed by atoms with Crippen LogP contribution in [0.1, 0.15) is 25.3 Å². The number of hydrogen-bond donors (Lipinski definition) is 1. The Hall–Kier alpha value is -0.990. The van der Waals surface area contributed by atoms with Crippen molar-refractivity contribution in [3.05, 3.63) is 11.5 Å². The molecule has 16 heavy (non-hydrogen) atoms. The van der Waals surface area contributed by atoms with Crippen LogP contribution in [-0.4, -0.2) is 22.8 Å². The Labute approximate surface area is 100 Å². The van der Waals surface area contributed by atoms with Gasteiger partial charge in [-0.15, -0.1) is 0 Å². The number of nitrogens with one attached hydrogen (secondary N) is 1. The predicted molar refractivity (Wildman–Crippen MR) is 64.4 cm³/mol. The van der Waals surface area contributed by atoms with Crippen molar-refractivity contribution in [2.45, 2.75) is 38.5 Å².